The summed E-state index contributed by atoms with van der Waals surface area (Å²) in [6.07, 6.45) is 2.09. The van der Waals surface area contributed by atoms with E-state index in [0.29, 0.717) is 25.2 Å². The molecule has 138 valence electrons. The number of unbranched alkanes of at least 4 members (excludes halogenated alkanes) is 1. The van der Waals surface area contributed by atoms with E-state index in [-0.39, 0.29) is 25.1 Å². The van der Waals surface area contributed by atoms with E-state index in [1.165, 1.54) is 0 Å². The summed E-state index contributed by atoms with van der Waals surface area (Å²) in [6, 6.07) is 7.35. The number of nitrogens with zero attached hydrogens (tertiary/aromatic N) is 4. The van der Waals surface area contributed by atoms with Gasteiger partial charge in [0.1, 0.15) is 5.75 Å². The maximum absolute atomic E-state index is 8.60. The van der Waals surface area contributed by atoms with E-state index in [2.05, 4.69) is 20.2 Å². The monoisotopic (exact) mass is 371 g/mol. The molecule has 0 aliphatic rings. The van der Waals surface area contributed by atoms with Crippen molar-refractivity contribution in [2.75, 3.05) is 13.7 Å². The Kier molecular flexibility index (Phi) is 9.39. The topological polar surface area (TPSA) is 129 Å². The van der Waals surface area contributed by atoms with Crippen molar-refractivity contribution >= 4 is 19.7 Å². The molecule has 0 aliphatic carbocycles. The van der Waals surface area contributed by atoms with Crippen LogP contribution in [0.3, 0.4) is 0 Å². The number of para-hydroxylation sites is 1. The number of hydrogen-bond acceptors (Lipinski definition) is 8. The highest BCUT2D eigenvalue weighted by atomic mass is 35.5. The third-order valence-electron chi connectivity index (χ3n) is 3.58. The molecular formula is C14H23BClN5O4. The standard InChI is InChI=1S/C14H22BN5O4.ClH/c1-23-13-8-3-2-6-11(13)10-20-14(17-18-19-20)12(16)7-4-5-9-24-15(21)22;/h2-3,6,8,12,21-22H,4-5,7,9-10,16H2,1H3;1H. The highest BCUT2D eigenvalue weighted by Gasteiger charge is 2.16. The Bertz CT molecular complexity index is 631. The van der Waals surface area contributed by atoms with Gasteiger partial charge in [0.05, 0.1) is 19.7 Å². The minimum atomic E-state index is -1.73. The Hall–Kier alpha value is -1.72. The number of ether oxygens (including phenoxy) is 1. The first-order valence-electron chi connectivity index (χ1n) is 7.73. The highest BCUT2D eigenvalue weighted by Crippen LogP contribution is 2.20. The van der Waals surface area contributed by atoms with E-state index in [1.807, 2.05) is 24.3 Å². The SMILES string of the molecule is COc1ccccc1Cn1nnnc1C(N)CCCCOB(O)O.Cl. The first-order chi connectivity index (χ1) is 11.6. The van der Waals surface area contributed by atoms with E-state index in [9.17, 15) is 0 Å². The Morgan fingerprint density at radius 3 is 2.76 bits per heavy atom. The predicted molar refractivity (Wildman–Crippen MR) is 94.1 cm³/mol. The van der Waals surface area contributed by atoms with Crippen molar-refractivity contribution in [3.63, 3.8) is 0 Å². The maximum atomic E-state index is 8.60. The molecule has 9 nitrogen and oxygen atoms in total. The zero-order valence-corrected chi connectivity index (χ0v) is 14.8. The van der Waals surface area contributed by atoms with Crippen molar-refractivity contribution in [1.29, 1.82) is 0 Å². The van der Waals surface area contributed by atoms with Crippen LogP contribution in [0.25, 0.3) is 0 Å². The molecule has 0 saturated heterocycles. The van der Waals surface area contributed by atoms with Gasteiger partial charge in [0.15, 0.2) is 5.82 Å². The molecule has 0 fully saturated rings. The van der Waals surface area contributed by atoms with E-state index in [0.717, 1.165) is 17.7 Å². The lowest BCUT2D eigenvalue weighted by Gasteiger charge is -2.13. The number of aromatic nitrogens is 4. The Morgan fingerprint density at radius 2 is 2.04 bits per heavy atom. The third-order valence-corrected chi connectivity index (χ3v) is 3.58. The number of tetrazole rings is 1. The number of hydrogen-bond donors (Lipinski definition) is 3. The minimum absolute atomic E-state index is 0. The van der Waals surface area contributed by atoms with E-state index >= 15 is 0 Å². The molecule has 0 bridgehead atoms. The lowest BCUT2D eigenvalue weighted by molar-refractivity contribution is 0.181. The zero-order valence-electron chi connectivity index (χ0n) is 14.0. The second kappa shape index (κ2) is 11.0. The van der Waals surface area contributed by atoms with Gasteiger partial charge in [-0.1, -0.05) is 18.2 Å². The first-order valence-corrected chi connectivity index (χ1v) is 7.73. The summed E-state index contributed by atoms with van der Waals surface area (Å²) >= 11 is 0. The summed E-state index contributed by atoms with van der Waals surface area (Å²) in [7, 11) is -0.108. The van der Waals surface area contributed by atoms with Crippen LogP contribution in [-0.2, 0) is 11.2 Å². The van der Waals surface area contributed by atoms with Gasteiger partial charge < -0.3 is 25.2 Å². The Labute approximate surface area is 152 Å². The Balaban J connectivity index is 0.00000312. The molecule has 1 heterocycles. The van der Waals surface area contributed by atoms with Gasteiger partial charge in [-0.25, -0.2) is 4.68 Å². The van der Waals surface area contributed by atoms with Crippen molar-refractivity contribution < 1.29 is 19.4 Å². The van der Waals surface area contributed by atoms with Crippen LogP contribution >= 0.6 is 12.4 Å². The summed E-state index contributed by atoms with van der Waals surface area (Å²) in [6.45, 7) is 0.733. The van der Waals surface area contributed by atoms with Crippen molar-refractivity contribution in [1.82, 2.24) is 20.2 Å². The lowest BCUT2D eigenvalue weighted by atomic mass is 10.1. The van der Waals surface area contributed by atoms with Crippen molar-refractivity contribution in [2.24, 2.45) is 5.73 Å². The summed E-state index contributed by atoms with van der Waals surface area (Å²) in [4.78, 5) is 0. The van der Waals surface area contributed by atoms with Crippen LogP contribution in [0.5, 0.6) is 5.75 Å². The van der Waals surface area contributed by atoms with Crippen molar-refractivity contribution in [2.45, 2.75) is 31.8 Å². The molecule has 0 spiro atoms. The van der Waals surface area contributed by atoms with Gasteiger partial charge in [0.25, 0.3) is 0 Å². The van der Waals surface area contributed by atoms with Gasteiger partial charge in [-0.05, 0) is 35.8 Å². The Morgan fingerprint density at radius 1 is 1.28 bits per heavy atom. The van der Waals surface area contributed by atoms with Crippen molar-refractivity contribution in [3.05, 3.63) is 35.7 Å². The number of rotatable bonds is 10. The molecule has 0 amide bonds. The van der Waals surface area contributed by atoms with Gasteiger partial charge in [0, 0.05) is 12.2 Å². The van der Waals surface area contributed by atoms with Crippen LogP contribution in [0.4, 0.5) is 0 Å². The van der Waals surface area contributed by atoms with Gasteiger partial charge in [-0.15, -0.1) is 17.5 Å². The van der Waals surface area contributed by atoms with Gasteiger partial charge in [-0.3, -0.25) is 0 Å². The van der Waals surface area contributed by atoms with Gasteiger partial charge >= 0.3 is 7.32 Å². The molecule has 1 aromatic carbocycles. The first kappa shape index (κ1) is 21.3. The van der Waals surface area contributed by atoms with Gasteiger partial charge in [-0.2, -0.15) is 0 Å². The molecule has 1 aromatic heterocycles. The normalized spacial score (nSPS) is 11.7. The quantitative estimate of drug-likeness (QED) is 0.402. The van der Waals surface area contributed by atoms with E-state index in [4.69, 9.17) is 20.5 Å². The average Bonchev–Trinajstić information content (AvgIpc) is 3.03. The van der Waals surface area contributed by atoms with E-state index in [1.54, 1.807) is 11.8 Å². The second-order valence-corrected chi connectivity index (χ2v) is 5.31. The number of methoxy groups -OCH3 is 1. The molecule has 2 rings (SSSR count). The van der Waals surface area contributed by atoms with Crippen LogP contribution in [0, 0.1) is 0 Å². The highest BCUT2D eigenvalue weighted by molar-refractivity contribution is 6.32. The predicted octanol–water partition coefficient (Wildman–Crippen LogP) is 0.308. The number of nitrogens with two attached hydrogens (primary N) is 1. The van der Waals surface area contributed by atoms with Crippen LogP contribution in [0.2, 0.25) is 0 Å². The summed E-state index contributed by atoms with van der Waals surface area (Å²) in [5, 5.41) is 28.9. The van der Waals surface area contributed by atoms with Crippen molar-refractivity contribution in [3.8, 4) is 5.75 Å². The van der Waals surface area contributed by atoms with Crippen LogP contribution in [0.15, 0.2) is 24.3 Å². The molecule has 1 atom stereocenters. The molecule has 0 aliphatic heterocycles. The summed E-state index contributed by atoms with van der Waals surface area (Å²) in [5.74, 6) is 1.37. The number of benzene rings is 1. The summed E-state index contributed by atoms with van der Waals surface area (Å²) in [5.41, 5.74) is 7.14. The minimum Gasteiger partial charge on any atom is -0.496 e. The zero-order chi connectivity index (χ0) is 17.4. The molecule has 11 heteroatoms. The molecule has 2 aromatic rings. The fourth-order valence-corrected chi connectivity index (χ4v) is 2.37. The fraction of sp³-hybridized carbons (Fsp3) is 0.500. The van der Waals surface area contributed by atoms with Crippen LogP contribution in [-0.4, -0.2) is 51.3 Å². The fourth-order valence-electron chi connectivity index (χ4n) is 2.37. The third kappa shape index (κ3) is 6.60. The molecular weight excluding hydrogens is 348 g/mol. The largest absolute Gasteiger partial charge is 0.633 e. The van der Waals surface area contributed by atoms with Gasteiger partial charge in [0.2, 0.25) is 0 Å². The molecule has 1 unspecified atom stereocenters. The second-order valence-electron chi connectivity index (χ2n) is 5.31. The van der Waals surface area contributed by atoms with Crippen LogP contribution < -0.4 is 10.5 Å². The maximum Gasteiger partial charge on any atom is 0.633 e. The van der Waals surface area contributed by atoms with E-state index < -0.39 is 7.32 Å². The summed E-state index contributed by atoms with van der Waals surface area (Å²) < 4.78 is 11.7. The molecule has 25 heavy (non-hydrogen) atoms. The molecule has 0 saturated carbocycles. The average molecular weight is 372 g/mol. The van der Waals surface area contributed by atoms with Crippen LogP contribution in [0.1, 0.15) is 36.7 Å². The lowest BCUT2D eigenvalue weighted by Crippen LogP contribution is -2.19. The molecule has 4 N–H and O–H groups in total. The molecule has 0 radical (unpaired) electrons. The smallest absolute Gasteiger partial charge is 0.496 e. The number of halogens is 1.